The molecule has 1 aliphatic rings. The number of aromatic nitrogens is 1. The largest absolute Gasteiger partial charge is 0.336 e. The van der Waals surface area contributed by atoms with E-state index in [1.54, 1.807) is 9.80 Å². The number of thiazole rings is 1. The molecule has 31 heavy (non-hydrogen) atoms. The maximum atomic E-state index is 13.4. The van der Waals surface area contributed by atoms with Gasteiger partial charge in [-0.25, -0.2) is 13.8 Å². The number of para-hydroxylation sites is 1. The van der Waals surface area contributed by atoms with Gasteiger partial charge in [-0.05, 0) is 37.3 Å². The van der Waals surface area contributed by atoms with Crippen LogP contribution in [-0.2, 0) is 4.79 Å². The molecule has 0 saturated carbocycles. The highest BCUT2D eigenvalue weighted by atomic mass is 32.1. The van der Waals surface area contributed by atoms with Gasteiger partial charge in [-0.3, -0.25) is 19.4 Å². The Morgan fingerprint density at radius 2 is 1.81 bits per heavy atom. The van der Waals surface area contributed by atoms with E-state index in [2.05, 4.69) is 4.98 Å². The van der Waals surface area contributed by atoms with Crippen LogP contribution in [0.5, 0.6) is 0 Å². The van der Waals surface area contributed by atoms with Crippen LogP contribution >= 0.6 is 11.3 Å². The van der Waals surface area contributed by atoms with Crippen molar-refractivity contribution < 1.29 is 18.4 Å². The van der Waals surface area contributed by atoms with Crippen molar-refractivity contribution in [2.24, 2.45) is 0 Å². The third-order valence-corrected chi connectivity index (χ3v) is 6.38. The van der Waals surface area contributed by atoms with E-state index in [1.807, 2.05) is 36.1 Å². The Bertz CT molecular complexity index is 1080. The number of carbonyl (C=O) groups is 2. The molecule has 162 valence electrons. The summed E-state index contributed by atoms with van der Waals surface area (Å²) in [6.45, 7) is 4.56. The number of nitrogens with zero attached hydrogens (tertiary/aromatic N) is 4. The predicted octanol–water partition coefficient (Wildman–Crippen LogP) is 3.39. The molecule has 0 bridgehead atoms. The number of amides is 2. The fourth-order valence-electron chi connectivity index (χ4n) is 3.59. The van der Waals surface area contributed by atoms with Gasteiger partial charge in [-0.1, -0.05) is 23.5 Å². The summed E-state index contributed by atoms with van der Waals surface area (Å²) in [4.78, 5) is 35.3. The zero-order valence-electron chi connectivity index (χ0n) is 17.1. The lowest BCUT2D eigenvalue weighted by Gasteiger charge is -2.35. The maximum Gasteiger partial charge on any atom is 0.254 e. The molecule has 0 aliphatic carbocycles. The molecule has 9 heteroatoms. The highest BCUT2D eigenvalue weighted by Gasteiger charge is 2.26. The Labute approximate surface area is 182 Å². The summed E-state index contributed by atoms with van der Waals surface area (Å²) in [6.07, 6.45) is 0. The van der Waals surface area contributed by atoms with Crippen LogP contribution in [0, 0.1) is 11.6 Å². The molecular formula is C22H22F2N4O2S. The van der Waals surface area contributed by atoms with E-state index in [0.717, 1.165) is 22.3 Å². The zero-order chi connectivity index (χ0) is 22.0. The quantitative estimate of drug-likeness (QED) is 0.606. The van der Waals surface area contributed by atoms with Crippen molar-refractivity contribution in [3.63, 3.8) is 0 Å². The molecular weight excluding hydrogens is 422 g/mol. The first-order valence-corrected chi connectivity index (χ1v) is 10.9. The normalized spacial score (nSPS) is 14.7. The monoisotopic (exact) mass is 444 g/mol. The van der Waals surface area contributed by atoms with Crippen LogP contribution in [0.25, 0.3) is 10.2 Å². The summed E-state index contributed by atoms with van der Waals surface area (Å²) >= 11 is 1.49. The van der Waals surface area contributed by atoms with Crippen LogP contribution in [0.1, 0.15) is 17.3 Å². The smallest absolute Gasteiger partial charge is 0.254 e. The topological polar surface area (TPSA) is 56.8 Å². The second-order valence-electron chi connectivity index (χ2n) is 7.30. The summed E-state index contributed by atoms with van der Waals surface area (Å²) < 4.78 is 27.6. The molecule has 2 amide bonds. The predicted molar refractivity (Wildman–Crippen MR) is 116 cm³/mol. The minimum absolute atomic E-state index is 0.0399. The van der Waals surface area contributed by atoms with Crippen molar-refractivity contribution >= 4 is 38.5 Å². The SMILES string of the molecule is CCN(C(=O)CN1CCN(C(=O)c2ccc(F)c(F)c2)CC1)c1nc2ccccc2s1. The van der Waals surface area contributed by atoms with E-state index in [1.165, 1.54) is 17.4 Å². The Morgan fingerprint density at radius 1 is 1.06 bits per heavy atom. The molecule has 3 aromatic rings. The van der Waals surface area contributed by atoms with Crippen molar-refractivity contribution in [3.8, 4) is 0 Å². The Hall–Kier alpha value is -2.91. The number of benzene rings is 2. The molecule has 6 nitrogen and oxygen atoms in total. The number of anilines is 1. The summed E-state index contributed by atoms with van der Waals surface area (Å²) in [5.41, 5.74) is 0.995. The highest BCUT2D eigenvalue weighted by Crippen LogP contribution is 2.28. The second kappa shape index (κ2) is 9.07. The molecule has 2 aromatic carbocycles. The van der Waals surface area contributed by atoms with Gasteiger partial charge in [-0.15, -0.1) is 0 Å². The molecule has 1 aliphatic heterocycles. The Morgan fingerprint density at radius 3 is 2.48 bits per heavy atom. The van der Waals surface area contributed by atoms with Gasteiger partial charge < -0.3 is 4.90 Å². The van der Waals surface area contributed by atoms with Gasteiger partial charge in [0, 0.05) is 38.3 Å². The summed E-state index contributed by atoms with van der Waals surface area (Å²) in [5, 5.41) is 0.681. The van der Waals surface area contributed by atoms with Crippen molar-refractivity contribution in [2.75, 3.05) is 44.2 Å². The van der Waals surface area contributed by atoms with Crippen LogP contribution in [0.2, 0.25) is 0 Å². The van der Waals surface area contributed by atoms with Crippen LogP contribution in [0.15, 0.2) is 42.5 Å². The number of rotatable bonds is 5. The highest BCUT2D eigenvalue weighted by molar-refractivity contribution is 7.22. The van der Waals surface area contributed by atoms with Crippen molar-refractivity contribution in [3.05, 3.63) is 59.7 Å². The van der Waals surface area contributed by atoms with Crippen molar-refractivity contribution in [2.45, 2.75) is 6.92 Å². The molecule has 4 rings (SSSR count). The van der Waals surface area contributed by atoms with E-state index >= 15 is 0 Å². The number of carbonyl (C=O) groups excluding carboxylic acids is 2. The van der Waals surface area contributed by atoms with Crippen molar-refractivity contribution in [1.82, 2.24) is 14.8 Å². The summed E-state index contributed by atoms with van der Waals surface area (Å²) in [7, 11) is 0. The number of hydrogen-bond donors (Lipinski definition) is 0. The third kappa shape index (κ3) is 4.57. The molecule has 1 aromatic heterocycles. The second-order valence-corrected chi connectivity index (χ2v) is 8.31. The van der Waals surface area contributed by atoms with Gasteiger partial charge in [0.2, 0.25) is 5.91 Å². The third-order valence-electron chi connectivity index (χ3n) is 5.32. The van der Waals surface area contributed by atoms with Gasteiger partial charge >= 0.3 is 0 Å². The minimum Gasteiger partial charge on any atom is -0.336 e. The molecule has 1 saturated heterocycles. The summed E-state index contributed by atoms with van der Waals surface area (Å²) in [6, 6.07) is 10.9. The van der Waals surface area contributed by atoms with E-state index in [9.17, 15) is 18.4 Å². The van der Waals surface area contributed by atoms with E-state index in [-0.39, 0.29) is 23.9 Å². The van der Waals surface area contributed by atoms with Gasteiger partial charge in [-0.2, -0.15) is 0 Å². The molecule has 0 radical (unpaired) electrons. The molecule has 0 N–H and O–H groups in total. The van der Waals surface area contributed by atoms with E-state index < -0.39 is 11.6 Å². The van der Waals surface area contributed by atoms with Gasteiger partial charge in [0.15, 0.2) is 16.8 Å². The fourth-order valence-corrected chi connectivity index (χ4v) is 4.64. The van der Waals surface area contributed by atoms with Crippen LogP contribution in [0.3, 0.4) is 0 Å². The number of likely N-dealkylation sites (N-methyl/N-ethyl adjacent to an activating group) is 1. The molecule has 0 unspecified atom stereocenters. The lowest BCUT2D eigenvalue weighted by molar-refractivity contribution is -0.120. The minimum atomic E-state index is -1.04. The zero-order valence-corrected chi connectivity index (χ0v) is 17.9. The van der Waals surface area contributed by atoms with Gasteiger partial charge in [0.05, 0.1) is 16.8 Å². The van der Waals surface area contributed by atoms with E-state index in [4.69, 9.17) is 0 Å². The maximum absolute atomic E-state index is 13.4. The van der Waals surface area contributed by atoms with Crippen LogP contribution < -0.4 is 4.90 Å². The number of halogens is 2. The average Bonchev–Trinajstić information content (AvgIpc) is 3.20. The van der Waals surface area contributed by atoms with Crippen molar-refractivity contribution in [1.29, 1.82) is 0 Å². The first kappa shape index (κ1) is 21.3. The van der Waals surface area contributed by atoms with Crippen LogP contribution in [0.4, 0.5) is 13.9 Å². The standard InChI is InChI=1S/C22H22F2N4O2S/c1-2-28(22-25-18-5-3-4-6-19(18)31-22)20(29)14-26-9-11-27(12-10-26)21(30)15-7-8-16(23)17(24)13-15/h3-8,13H,2,9-12,14H2,1H3. The van der Waals surface area contributed by atoms with E-state index in [0.29, 0.717) is 37.9 Å². The first-order valence-electron chi connectivity index (χ1n) is 10.1. The van der Waals surface area contributed by atoms with Gasteiger partial charge in [0.1, 0.15) is 0 Å². The lowest BCUT2D eigenvalue weighted by atomic mass is 10.1. The Kier molecular flexibility index (Phi) is 6.24. The molecule has 0 spiro atoms. The molecule has 2 heterocycles. The molecule has 0 atom stereocenters. The summed E-state index contributed by atoms with van der Waals surface area (Å²) in [5.74, 6) is -2.39. The fraction of sp³-hybridized carbons (Fsp3) is 0.318. The number of piperazine rings is 1. The molecule has 1 fully saturated rings. The average molecular weight is 445 g/mol. The lowest BCUT2D eigenvalue weighted by Crippen LogP contribution is -2.51. The Balaban J connectivity index is 1.35. The van der Waals surface area contributed by atoms with Crippen LogP contribution in [-0.4, -0.2) is 65.9 Å². The number of hydrogen-bond acceptors (Lipinski definition) is 5. The first-order chi connectivity index (χ1) is 15.0. The van der Waals surface area contributed by atoms with Gasteiger partial charge in [0.25, 0.3) is 5.91 Å². The number of fused-ring (bicyclic) bond motifs is 1.